The second kappa shape index (κ2) is 4.39. The topological polar surface area (TPSA) is 27.1 Å². The zero-order valence-electron chi connectivity index (χ0n) is 9.84. The first-order valence-corrected chi connectivity index (χ1v) is 5.39. The minimum atomic E-state index is 0.525. The molecule has 0 N–H and O–H groups in total. The number of nitrogens with zero attached hydrogens (tertiary/aromatic N) is 2. The summed E-state index contributed by atoms with van der Waals surface area (Å²) in [5.41, 5.74) is 2.38. The van der Waals surface area contributed by atoms with Gasteiger partial charge >= 0.3 is 0 Å². The molecule has 1 heterocycles. The van der Waals surface area contributed by atoms with Gasteiger partial charge in [0.05, 0.1) is 25.2 Å². The maximum Gasteiger partial charge on any atom is 0.157 e. The lowest BCUT2D eigenvalue weighted by Crippen LogP contribution is -1.96. The van der Waals surface area contributed by atoms with Crippen LogP contribution in [0.5, 0.6) is 5.75 Å². The number of ether oxygens (including phenoxy) is 1. The summed E-state index contributed by atoms with van der Waals surface area (Å²) < 4.78 is 6.93. The van der Waals surface area contributed by atoms with Crippen LogP contribution in [0.15, 0.2) is 36.7 Å². The van der Waals surface area contributed by atoms with E-state index in [2.05, 4.69) is 37.1 Å². The number of hydrogen-bond donors (Lipinski definition) is 0. The molecule has 0 spiro atoms. The van der Waals surface area contributed by atoms with Crippen LogP contribution in [0.4, 0.5) is 0 Å². The van der Waals surface area contributed by atoms with Gasteiger partial charge in [-0.1, -0.05) is 26.0 Å². The first kappa shape index (κ1) is 10.7. The lowest BCUT2D eigenvalue weighted by atomic mass is 10.0. The third-order valence-corrected chi connectivity index (χ3v) is 2.60. The van der Waals surface area contributed by atoms with Crippen LogP contribution < -0.4 is 4.74 Å². The highest BCUT2D eigenvalue weighted by atomic mass is 16.5. The van der Waals surface area contributed by atoms with Crippen LogP contribution in [-0.4, -0.2) is 16.9 Å². The summed E-state index contributed by atoms with van der Waals surface area (Å²) in [6, 6.07) is 8.38. The van der Waals surface area contributed by atoms with Crippen LogP contribution in [0.2, 0.25) is 0 Å². The Balaban J connectivity index is 2.36. The van der Waals surface area contributed by atoms with Gasteiger partial charge in [0.25, 0.3) is 0 Å². The molecule has 84 valence electrons. The van der Waals surface area contributed by atoms with Gasteiger partial charge in [0.2, 0.25) is 0 Å². The minimum Gasteiger partial charge on any atom is -0.493 e. The average molecular weight is 216 g/mol. The van der Waals surface area contributed by atoms with E-state index >= 15 is 0 Å². The first-order chi connectivity index (χ1) is 7.70. The third-order valence-electron chi connectivity index (χ3n) is 2.60. The predicted molar refractivity (Wildman–Crippen MR) is 64.2 cm³/mol. The van der Waals surface area contributed by atoms with E-state index in [1.54, 1.807) is 13.3 Å². The lowest BCUT2D eigenvalue weighted by molar-refractivity contribution is 0.414. The molecule has 0 aliphatic carbocycles. The highest BCUT2D eigenvalue weighted by Crippen LogP contribution is 2.19. The molecule has 0 unspecified atom stereocenters. The van der Waals surface area contributed by atoms with Crippen molar-refractivity contribution >= 4 is 0 Å². The quantitative estimate of drug-likeness (QED) is 0.788. The first-order valence-electron chi connectivity index (χ1n) is 5.39. The Hall–Kier alpha value is -1.77. The summed E-state index contributed by atoms with van der Waals surface area (Å²) >= 11 is 0. The van der Waals surface area contributed by atoms with Crippen molar-refractivity contribution in [2.75, 3.05) is 7.11 Å². The molecular formula is C13H16N2O. The Labute approximate surface area is 95.7 Å². The standard InChI is InChI=1S/C13H16N2O/c1-10(2)11-5-4-6-12(7-11)15-9-13(16-3)8-14-15/h4-10H,1-3H3. The second-order valence-corrected chi connectivity index (χ2v) is 4.07. The molecule has 0 aliphatic rings. The molecule has 2 rings (SSSR count). The number of hydrogen-bond acceptors (Lipinski definition) is 2. The Morgan fingerprint density at radius 1 is 1.31 bits per heavy atom. The van der Waals surface area contributed by atoms with Gasteiger partial charge in [-0.05, 0) is 23.6 Å². The molecule has 1 aromatic heterocycles. The molecule has 2 aromatic rings. The van der Waals surface area contributed by atoms with Crippen LogP contribution in [0, 0.1) is 0 Å². The van der Waals surface area contributed by atoms with Crippen molar-refractivity contribution in [3.8, 4) is 11.4 Å². The van der Waals surface area contributed by atoms with Crippen LogP contribution in [0.1, 0.15) is 25.3 Å². The molecule has 0 saturated carbocycles. The Morgan fingerprint density at radius 2 is 2.12 bits per heavy atom. The molecule has 0 bridgehead atoms. The van der Waals surface area contributed by atoms with Crippen molar-refractivity contribution in [3.05, 3.63) is 42.2 Å². The molecule has 3 nitrogen and oxygen atoms in total. The molecule has 0 radical (unpaired) electrons. The normalized spacial score (nSPS) is 10.8. The van der Waals surface area contributed by atoms with Crippen LogP contribution in [-0.2, 0) is 0 Å². The van der Waals surface area contributed by atoms with Crippen molar-refractivity contribution in [1.29, 1.82) is 0 Å². The molecular weight excluding hydrogens is 200 g/mol. The van der Waals surface area contributed by atoms with Crippen LogP contribution in [0.3, 0.4) is 0 Å². The maximum atomic E-state index is 5.11. The Morgan fingerprint density at radius 3 is 2.75 bits per heavy atom. The third kappa shape index (κ3) is 2.08. The zero-order valence-corrected chi connectivity index (χ0v) is 9.84. The molecule has 16 heavy (non-hydrogen) atoms. The fraction of sp³-hybridized carbons (Fsp3) is 0.308. The summed E-state index contributed by atoms with van der Waals surface area (Å²) in [5.74, 6) is 1.30. The molecule has 0 amide bonds. The molecule has 0 atom stereocenters. The van der Waals surface area contributed by atoms with Gasteiger partial charge in [-0.2, -0.15) is 5.10 Å². The predicted octanol–water partition coefficient (Wildman–Crippen LogP) is 3.00. The molecule has 0 aliphatic heterocycles. The van der Waals surface area contributed by atoms with Gasteiger partial charge in [0, 0.05) is 0 Å². The summed E-state index contributed by atoms with van der Waals surface area (Å²) in [7, 11) is 1.64. The van der Waals surface area contributed by atoms with Crippen LogP contribution >= 0.6 is 0 Å². The minimum absolute atomic E-state index is 0.525. The van der Waals surface area contributed by atoms with Gasteiger partial charge in [-0.25, -0.2) is 4.68 Å². The van der Waals surface area contributed by atoms with Gasteiger partial charge < -0.3 is 4.74 Å². The van der Waals surface area contributed by atoms with E-state index in [9.17, 15) is 0 Å². The smallest absolute Gasteiger partial charge is 0.157 e. The molecule has 3 heteroatoms. The average Bonchev–Trinajstić information content (AvgIpc) is 2.77. The van der Waals surface area contributed by atoms with Gasteiger partial charge in [0.1, 0.15) is 0 Å². The largest absolute Gasteiger partial charge is 0.493 e. The van der Waals surface area contributed by atoms with E-state index in [1.807, 2.05) is 16.9 Å². The Bertz CT molecular complexity index is 474. The van der Waals surface area contributed by atoms with E-state index in [-0.39, 0.29) is 0 Å². The highest BCUT2D eigenvalue weighted by molar-refractivity contribution is 5.37. The van der Waals surface area contributed by atoms with Crippen LogP contribution in [0.25, 0.3) is 5.69 Å². The lowest BCUT2D eigenvalue weighted by Gasteiger charge is -2.07. The number of rotatable bonds is 3. The van der Waals surface area contributed by atoms with Crippen molar-refractivity contribution in [2.45, 2.75) is 19.8 Å². The van der Waals surface area contributed by atoms with Crippen molar-refractivity contribution in [2.24, 2.45) is 0 Å². The van der Waals surface area contributed by atoms with E-state index in [4.69, 9.17) is 4.74 Å². The van der Waals surface area contributed by atoms with Gasteiger partial charge in [-0.3, -0.25) is 0 Å². The summed E-state index contributed by atoms with van der Waals surface area (Å²) in [4.78, 5) is 0. The summed E-state index contributed by atoms with van der Waals surface area (Å²) in [6.07, 6.45) is 3.58. The molecule has 0 fully saturated rings. The van der Waals surface area contributed by atoms with E-state index in [1.165, 1.54) is 5.56 Å². The van der Waals surface area contributed by atoms with Crippen molar-refractivity contribution < 1.29 is 4.74 Å². The number of methoxy groups -OCH3 is 1. The monoisotopic (exact) mass is 216 g/mol. The van der Waals surface area contributed by atoms with E-state index in [0.717, 1.165) is 11.4 Å². The zero-order chi connectivity index (χ0) is 11.5. The van der Waals surface area contributed by atoms with Gasteiger partial charge in [0.15, 0.2) is 5.75 Å². The second-order valence-electron chi connectivity index (χ2n) is 4.07. The summed E-state index contributed by atoms with van der Waals surface area (Å²) in [5, 5.41) is 4.25. The van der Waals surface area contributed by atoms with Crippen molar-refractivity contribution in [1.82, 2.24) is 9.78 Å². The number of benzene rings is 1. The molecule has 1 aromatic carbocycles. The summed E-state index contributed by atoms with van der Waals surface area (Å²) in [6.45, 7) is 4.37. The molecule has 0 saturated heterocycles. The fourth-order valence-electron chi connectivity index (χ4n) is 1.58. The fourth-order valence-corrected chi connectivity index (χ4v) is 1.58. The van der Waals surface area contributed by atoms with E-state index < -0.39 is 0 Å². The van der Waals surface area contributed by atoms with Gasteiger partial charge in [-0.15, -0.1) is 0 Å². The number of aromatic nitrogens is 2. The van der Waals surface area contributed by atoms with E-state index in [0.29, 0.717) is 5.92 Å². The maximum absolute atomic E-state index is 5.11. The SMILES string of the molecule is COc1cnn(-c2cccc(C(C)C)c2)c1. The Kier molecular flexibility index (Phi) is 2.95. The highest BCUT2D eigenvalue weighted by Gasteiger charge is 2.03. The van der Waals surface area contributed by atoms with Crippen molar-refractivity contribution in [3.63, 3.8) is 0 Å².